The predicted molar refractivity (Wildman–Crippen MR) is 57.1 cm³/mol. The van der Waals surface area contributed by atoms with Crippen molar-refractivity contribution in [2.24, 2.45) is 5.92 Å². The molecule has 1 aromatic rings. The maximum atomic E-state index is 11.5. The van der Waals surface area contributed by atoms with Crippen LogP contribution in [0.1, 0.15) is 33.7 Å². The lowest BCUT2D eigenvalue weighted by molar-refractivity contribution is -0.756. The second-order valence-corrected chi connectivity index (χ2v) is 4.43. The zero-order chi connectivity index (χ0) is 11.4. The molecule has 15 heavy (non-hydrogen) atoms. The van der Waals surface area contributed by atoms with Crippen molar-refractivity contribution in [2.75, 3.05) is 0 Å². The van der Waals surface area contributed by atoms with Crippen molar-refractivity contribution in [1.82, 2.24) is 0 Å². The zero-order valence-corrected chi connectivity index (χ0v) is 9.97. The highest BCUT2D eigenvalue weighted by Crippen LogP contribution is 1.93. The maximum absolute atomic E-state index is 11.5. The molecule has 1 rings (SSSR count). The fourth-order valence-electron chi connectivity index (χ4n) is 1.24. The van der Waals surface area contributed by atoms with Crippen molar-refractivity contribution in [3.63, 3.8) is 0 Å². The standard InChI is InChI=1S/C12H20N2O/c1-10(2)12(15)9-13-5-7-14(8-6-13)11(3)4/h5-8,10-11H,9H2,1-4H3/q+2. The Balaban J connectivity index is 2.69. The monoisotopic (exact) mass is 208 g/mol. The van der Waals surface area contributed by atoms with Gasteiger partial charge in [-0.05, 0) is 13.8 Å². The quantitative estimate of drug-likeness (QED) is 0.679. The lowest BCUT2D eigenvalue weighted by atomic mass is 10.1. The minimum atomic E-state index is 0.106. The van der Waals surface area contributed by atoms with Gasteiger partial charge in [-0.3, -0.25) is 4.79 Å². The van der Waals surface area contributed by atoms with Gasteiger partial charge in [-0.2, -0.15) is 9.13 Å². The van der Waals surface area contributed by atoms with Crippen molar-refractivity contribution < 1.29 is 13.9 Å². The first-order valence-electron chi connectivity index (χ1n) is 5.43. The Labute approximate surface area is 91.4 Å². The molecule has 0 radical (unpaired) electrons. The van der Waals surface area contributed by atoms with E-state index in [-0.39, 0.29) is 11.7 Å². The highest BCUT2D eigenvalue weighted by atomic mass is 16.1. The van der Waals surface area contributed by atoms with E-state index >= 15 is 0 Å². The van der Waals surface area contributed by atoms with Gasteiger partial charge in [-0.1, -0.05) is 13.8 Å². The summed E-state index contributed by atoms with van der Waals surface area (Å²) < 4.78 is 4.03. The number of ketones is 1. The molecule has 0 spiro atoms. The molecule has 0 fully saturated rings. The second-order valence-electron chi connectivity index (χ2n) is 4.43. The lowest BCUT2D eigenvalue weighted by Crippen LogP contribution is -2.45. The molecule has 0 saturated heterocycles. The largest absolute Gasteiger partial charge is 0.292 e. The minimum absolute atomic E-state index is 0.106. The second kappa shape index (κ2) is 5.01. The van der Waals surface area contributed by atoms with Gasteiger partial charge in [0.15, 0.2) is 11.8 Å². The average molecular weight is 208 g/mol. The Hall–Kier alpha value is -1.25. The number of Topliss-reactive ketones (excluding diaryl/α,β-unsaturated/α-hetero) is 1. The molecule has 0 aromatic carbocycles. The summed E-state index contributed by atoms with van der Waals surface area (Å²) >= 11 is 0. The molecular weight excluding hydrogens is 188 g/mol. The van der Waals surface area contributed by atoms with Crippen LogP contribution in [0.4, 0.5) is 0 Å². The zero-order valence-electron chi connectivity index (χ0n) is 9.97. The average Bonchev–Trinajstić information content (AvgIpc) is 2.18. The van der Waals surface area contributed by atoms with E-state index in [1.807, 2.05) is 43.2 Å². The van der Waals surface area contributed by atoms with Crippen LogP contribution in [0, 0.1) is 5.92 Å². The topological polar surface area (TPSA) is 24.8 Å². The third-order valence-corrected chi connectivity index (χ3v) is 2.44. The lowest BCUT2D eigenvalue weighted by Gasteiger charge is -2.00. The SMILES string of the molecule is CC(C)C(=O)C[n+]1cc[n+](C(C)C)cc1. The van der Waals surface area contributed by atoms with Crippen LogP contribution in [-0.2, 0) is 11.3 Å². The Morgan fingerprint density at radius 1 is 1.07 bits per heavy atom. The van der Waals surface area contributed by atoms with Crippen LogP contribution in [0.3, 0.4) is 0 Å². The van der Waals surface area contributed by atoms with Crippen LogP contribution in [0.15, 0.2) is 24.8 Å². The molecule has 1 aromatic heterocycles. The first-order chi connectivity index (χ1) is 7.00. The molecule has 0 N–H and O–H groups in total. The summed E-state index contributed by atoms with van der Waals surface area (Å²) in [5.41, 5.74) is 0. The molecule has 0 unspecified atom stereocenters. The van der Waals surface area contributed by atoms with Gasteiger partial charge in [0.05, 0.1) is 0 Å². The van der Waals surface area contributed by atoms with E-state index in [1.165, 1.54) is 0 Å². The third-order valence-electron chi connectivity index (χ3n) is 2.44. The molecule has 0 saturated carbocycles. The highest BCUT2D eigenvalue weighted by molar-refractivity contribution is 5.78. The molecule has 0 aliphatic rings. The van der Waals surface area contributed by atoms with Gasteiger partial charge in [0.1, 0.15) is 0 Å². The number of rotatable bonds is 4. The van der Waals surface area contributed by atoms with Crippen molar-refractivity contribution in [1.29, 1.82) is 0 Å². The van der Waals surface area contributed by atoms with Crippen molar-refractivity contribution in [2.45, 2.75) is 40.3 Å². The van der Waals surface area contributed by atoms with Crippen molar-refractivity contribution in [3.8, 4) is 0 Å². The summed E-state index contributed by atoms with van der Waals surface area (Å²) in [4.78, 5) is 11.5. The van der Waals surface area contributed by atoms with Crippen LogP contribution < -0.4 is 9.13 Å². The summed E-state index contributed by atoms with van der Waals surface area (Å²) in [5.74, 6) is 0.372. The number of hydrogen-bond donors (Lipinski definition) is 0. The van der Waals surface area contributed by atoms with Gasteiger partial charge in [0.25, 0.3) is 0 Å². The molecular formula is C12H20N2O+2. The van der Waals surface area contributed by atoms with Crippen molar-refractivity contribution >= 4 is 5.78 Å². The van der Waals surface area contributed by atoms with Crippen LogP contribution >= 0.6 is 0 Å². The Morgan fingerprint density at radius 2 is 1.60 bits per heavy atom. The minimum Gasteiger partial charge on any atom is -0.292 e. The van der Waals surface area contributed by atoms with Crippen LogP contribution in [0.5, 0.6) is 0 Å². The van der Waals surface area contributed by atoms with E-state index in [4.69, 9.17) is 0 Å². The van der Waals surface area contributed by atoms with E-state index in [9.17, 15) is 4.79 Å². The van der Waals surface area contributed by atoms with E-state index in [0.717, 1.165) is 0 Å². The van der Waals surface area contributed by atoms with E-state index < -0.39 is 0 Å². The van der Waals surface area contributed by atoms with Gasteiger partial charge >= 0.3 is 0 Å². The Kier molecular flexibility index (Phi) is 3.95. The van der Waals surface area contributed by atoms with Gasteiger partial charge < -0.3 is 0 Å². The number of hydrogen-bond acceptors (Lipinski definition) is 1. The number of aromatic nitrogens is 2. The predicted octanol–water partition coefficient (Wildman–Crippen LogP) is 1.07. The van der Waals surface area contributed by atoms with Crippen molar-refractivity contribution in [3.05, 3.63) is 24.8 Å². The molecule has 1 heterocycles. The first kappa shape index (κ1) is 11.8. The normalized spacial score (nSPS) is 11.1. The molecule has 0 atom stereocenters. The summed E-state index contributed by atoms with van der Waals surface area (Å²) in [7, 11) is 0. The number of nitrogens with zero attached hydrogens (tertiary/aromatic N) is 2. The van der Waals surface area contributed by atoms with Crippen LogP contribution in [0.2, 0.25) is 0 Å². The summed E-state index contributed by atoms with van der Waals surface area (Å²) in [5, 5.41) is 0. The summed E-state index contributed by atoms with van der Waals surface area (Å²) in [6.45, 7) is 8.59. The molecule has 82 valence electrons. The van der Waals surface area contributed by atoms with Gasteiger partial charge in [-0.25, -0.2) is 0 Å². The molecule has 0 amide bonds. The summed E-state index contributed by atoms with van der Waals surface area (Å²) in [6.07, 6.45) is 7.89. The fourth-order valence-corrected chi connectivity index (χ4v) is 1.24. The van der Waals surface area contributed by atoms with E-state index in [0.29, 0.717) is 12.6 Å². The number of carbonyl (C=O) groups excluding carboxylic acids is 1. The van der Waals surface area contributed by atoms with Gasteiger partial charge in [-0.15, -0.1) is 0 Å². The van der Waals surface area contributed by atoms with Gasteiger partial charge in [0.2, 0.25) is 31.3 Å². The Bertz CT molecular complexity index is 328. The van der Waals surface area contributed by atoms with E-state index in [2.05, 4.69) is 18.4 Å². The maximum Gasteiger partial charge on any atom is 0.233 e. The van der Waals surface area contributed by atoms with Gasteiger partial charge in [0, 0.05) is 5.92 Å². The third kappa shape index (κ3) is 3.42. The number of carbonyl (C=O) groups is 1. The Morgan fingerprint density at radius 3 is 2.00 bits per heavy atom. The summed E-state index contributed by atoms with van der Waals surface area (Å²) in [6, 6.07) is 0.459. The molecule has 0 aliphatic carbocycles. The first-order valence-corrected chi connectivity index (χ1v) is 5.43. The molecule has 0 bridgehead atoms. The highest BCUT2D eigenvalue weighted by Gasteiger charge is 2.15. The molecule has 3 heteroatoms. The van der Waals surface area contributed by atoms with E-state index in [1.54, 1.807) is 0 Å². The molecule has 0 aliphatic heterocycles. The van der Waals surface area contributed by atoms with Crippen LogP contribution in [0.25, 0.3) is 0 Å². The fraction of sp³-hybridized carbons (Fsp3) is 0.583. The molecule has 3 nitrogen and oxygen atoms in total. The van der Waals surface area contributed by atoms with Crippen LogP contribution in [-0.4, -0.2) is 5.78 Å². The smallest absolute Gasteiger partial charge is 0.233 e.